The van der Waals surface area contributed by atoms with Crippen molar-refractivity contribution in [2.75, 3.05) is 19.5 Å². The van der Waals surface area contributed by atoms with Gasteiger partial charge in [0, 0.05) is 12.1 Å². The monoisotopic (exact) mass is 390 g/mol. The van der Waals surface area contributed by atoms with Crippen molar-refractivity contribution < 1.29 is 28.8 Å². The molecule has 1 N–H and O–H groups in total. The van der Waals surface area contributed by atoms with Crippen LogP contribution in [0.3, 0.4) is 0 Å². The predicted octanol–water partition coefficient (Wildman–Crippen LogP) is 1.70. The first-order valence-electron chi connectivity index (χ1n) is 8.05. The van der Waals surface area contributed by atoms with Crippen molar-refractivity contribution in [1.82, 2.24) is 9.78 Å². The first-order valence-corrected chi connectivity index (χ1v) is 8.05. The minimum absolute atomic E-state index is 0.0321. The van der Waals surface area contributed by atoms with Crippen LogP contribution in [-0.4, -0.2) is 46.8 Å². The van der Waals surface area contributed by atoms with Crippen molar-refractivity contribution in [2.24, 2.45) is 0 Å². The summed E-state index contributed by atoms with van der Waals surface area (Å²) in [5, 5.41) is 17.1. The van der Waals surface area contributed by atoms with Crippen LogP contribution in [0.4, 0.5) is 11.5 Å². The average Bonchev–Trinajstić information content (AvgIpc) is 3.05. The molecule has 0 aliphatic heterocycles. The Hall–Kier alpha value is -3.76. The molecule has 0 saturated carbocycles. The molecular weight excluding hydrogens is 372 g/mol. The number of hydrogen-bond acceptors (Lipinski definition) is 8. The quantitative estimate of drug-likeness (QED) is 0.427. The summed E-state index contributed by atoms with van der Waals surface area (Å²) < 4.78 is 10.6. The highest BCUT2D eigenvalue weighted by Crippen LogP contribution is 2.18. The summed E-state index contributed by atoms with van der Waals surface area (Å²) in [6, 6.07) is 5.32. The Labute approximate surface area is 159 Å². The van der Waals surface area contributed by atoms with E-state index < -0.39 is 22.8 Å². The van der Waals surface area contributed by atoms with E-state index in [4.69, 9.17) is 0 Å². The molecule has 148 valence electrons. The third kappa shape index (κ3) is 4.90. The van der Waals surface area contributed by atoms with Gasteiger partial charge in [-0.1, -0.05) is 0 Å². The molecule has 0 fully saturated rings. The van der Waals surface area contributed by atoms with Crippen molar-refractivity contribution in [2.45, 2.75) is 19.9 Å². The van der Waals surface area contributed by atoms with Gasteiger partial charge in [0.05, 0.1) is 48.8 Å². The Bertz CT molecular complexity index is 901. The second-order valence-electron chi connectivity index (χ2n) is 5.70. The van der Waals surface area contributed by atoms with Crippen LogP contribution in [0, 0.1) is 17.0 Å². The van der Waals surface area contributed by atoms with E-state index in [0.717, 1.165) is 0 Å². The third-order valence-electron chi connectivity index (χ3n) is 3.76. The predicted molar refractivity (Wildman–Crippen MR) is 96.0 cm³/mol. The molecule has 1 heterocycles. The summed E-state index contributed by atoms with van der Waals surface area (Å²) >= 11 is 0. The Kier molecular flexibility index (Phi) is 6.42. The lowest BCUT2D eigenvalue weighted by atomic mass is 10.1. The number of amides is 1. The van der Waals surface area contributed by atoms with Crippen LogP contribution in [0.25, 0.3) is 0 Å². The van der Waals surface area contributed by atoms with Crippen LogP contribution < -0.4 is 5.32 Å². The van der Waals surface area contributed by atoms with Gasteiger partial charge in [0.25, 0.3) is 0 Å². The second-order valence-corrected chi connectivity index (χ2v) is 5.70. The van der Waals surface area contributed by atoms with Crippen LogP contribution in [-0.2, 0) is 20.8 Å². The van der Waals surface area contributed by atoms with Crippen LogP contribution in [0.15, 0.2) is 24.3 Å². The van der Waals surface area contributed by atoms with E-state index in [9.17, 15) is 24.5 Å². The van der Waals surface area contributed by atoms with Gasteiger partial charge in [0.1, 0.15) is 0 Å². The largest absolute Gasteiger partial charge is 0.465 e. The highest BCUT2D eigenvalue weighted by atomic mass is 16.6. The number of aryl methyl sites for hydroxylation is 2. The van der Waals surface area contributed by atoms with Crippen molar-refractivity contribution in [1.29, 1.82) is 0 Å². The maximum absolute atomic E-state index is 12.2. The van der Waals surface area contributed by atoms with Gasteiger partial charge in [-0.2, -0.15) is 4.68 Å². The molecule has 0 aliphatic rings. The lowest BCUT2D eigenvalue weighted by Gasteiger charge is -2.09. The van der Waals surface area contributed by atoms with Crippen molar-refractivity contribution in [3.63, 3.8) is 0 Å². The summed E-state index contributed by atoms with van der Waals surface area (Å²) in [4.78, 5) is 45.9. The summed E-state index contributed by atoms with van der Waals surface area (Å²) in [6.07, 6.45) is -0.0321. The average molecular weight is 390 g/mol. The molecule has 1 amide bonds. The molecule has 11 nitrogen and oxygen atoms in total. The van der Waals surface area contributed by atoms with Gasteiger partial charge in [-0.3, -0.25) is 4.79 Å². The Morgan fingerprint density at radius 1 is 1.11 bits per heavy atom. The van der Waals surface area contributed by atoms with Crippen molar-refractivity contribution in [3.05, 3.63) is 51.2 Å². The molecule has 1 aromatic heterocycles. The van der Waals surface area contributed by atoms with Crippen LogP contribution >= 0.6 is 0 Å². The highest BCUT2D eigenvalue weighted by molar-refractivity contribution is 5.99. The summed E-state index contributed by atoms with van der Waals surface area (Å²) in [6.45, 7) is 1.76. The number of nitrogens with zero attached hydrogens (tertiary/aromatic N) is 3. The number of nitrogens with one attached hydrogen (secondary N) is 1. The van der Waals surface area contributed by atoms with E-state index >= 15 is 0 Å². The molecule has 28 heavy (non-hydrogen) atoms. The molecule has 11 heteroatoms. The van der Waals surface area contributed by atoms with Gasteiger partial charge in [0.2, 0.25) is 5.91 Å². The standard InChI is InChI=1S/C17H18N4O7/c1-10-6-14(21(25)26)19-20(10)5-4-15(22)18-13-8-11(16(23)27-2)7-12(9-13)17(24)28-3/h6-9H,4-5H2,1-3H3,(H,18,22). The second kappa shape index (κ2) is 8.75. The highest BCUT2D eigenvalue weighted by Gasteiger charge is 2.17. The van der Waals surface area contributed by atoms with Gasteiger partial charge in [-0.15, -0.1) is 0 Å². The van der Waals surface area contributed by atoms with Gasteiger partial charge < -0.3 is 24.9 Å². The number of rotatable bonds is 7. The molecule has 2 aromatic rings. The molecule has 0 unspecified atom stereocenters. The fourth-order valence-corrected chi connectivity index (χ4v) is 2.41. The Balaban J connectivity index is 2.13. The molecule has 0 bridgehead atoms. The zero-order valence-electron chi connectivity index (χ0n) is 15.4. The smallest absolute Gasteiger partial charge is 0.390 e. The zero-order chi connectivity index (χ0) is 20.8. The van der Waals surface area contributed by atoms with Gasteiger partial charge in [-0.05, 0) is 30.0 Å². The summed E-state index contributed by atoms with van der Waals surface area (Å²) in [5.41, 5.74) is 0.884. The number of anilines is 1. The van der Waals surface area contributed by atoms with Gasteiger partial charge >= 0.3 is 17.8 Å². The minimum atomic E-state index is -0.680. The first kappa shape index (κ1) is 20.6. The fraction of sp³-hybridized carbons (Fsp3) is 0.294. The Morgan fingerprint density at radius 3 is 2.14 bits per heavy atom. The SMILES string of the molecule is COC(=O)c1cc(NC(=O)CCn2nc([N+](=O)[O-])cc2C)cc(C(=O)OC)c1. The Morgan fingerprint density at radius 2 is 1.68 bits per heavy atom. The van der Waals surface area contributed by atoms with Crippen LogP contribution in [0.2, 0.25) is 0 Å². The number of methoxy groups -OCH3 is 2. The number of carbonyl (C=O) groups excluding carboxylic acids is 3. The fourth-order valence-electron chi connectivity index (χ4n) is 2.41. The first-order chi connectivity index (χ1) is 13.2. The molecule has 0 spiro atoms. The topological polar surface area (TPSA) is 143 Å². The molecular formula is C17H18N4O7. The molecule has 0 saturated heterocycles. The molecule has 0 aliphatic carbocycles. The summed E-state index contributed by atoms with van der Waals surface area (Å²) in [7, 11) is 2.38. The van der Waals surface area contributed by atoms with Crippen LogP contribution in [0.5, 0.6) is 0 Å². The van der Waals surface area contributed by atoms with E-state index in [1.807, 2.05) is 0 Å². The molecule has 1 aromatic carbocycles. The maximum Gasteiger partial charge on any atom is 0.390 e. The molecule has 2 rings (SSSR count). The number of hydrogen-bond donors (Lipinski definition) is 1. The van der Waals surface area contributed by atoms with Crippen molar-refractivity contribution in [3.8, 4) is 0 Å². The number of aromatic nitrogens is 2. The van der Waals surface area contributed by atoms with E-state index in [1.165, 1.54) is 43.2 Å². The van der Waals surface area contributed by atoms with Crippen molar-refractivity contribution >= 4 is 29.4 Å². The zero-order valence-corrected chi connectivity index (χ0v) is 15.4. The summed E-state index contributed by atoms with van der Waals surface area (Å²) in [5.74, 6) is -2.09. The van der Waals surface area contributed by atoms with E-state index in [-0.39, 0.29) is 35.6 Å². The number of esters is 2. The number of benzene rings is 1. The maximum atomic E-state index is 12.2. The lowest BCUT2D eigenvalue weighted by molar-refractivity contribution is -0.389. The number of ether oxygens (including phenoxy) is 2. The number of nitro groups is 1. The molecule has 0 atom stereocenters. The van der Waals surface area contributed by atoms with E-state index in [1.54, 1.807) is 6.92 Å². The third-order valence-corrected chi connectivity index (χ3v) is 3.76. The van der Waals surface area contributed by atoms with Gasteiger partial charge in [0.15, 0.2) is 0 Å². The normalized spacial score (nSPS) is 10.2. The van der Waals surface area contributed by atoms with Gasteiger partial charge in [-0.25, -0.2) is 9.59 Å². The minimum Gasteiger partial charge on any atom is -0.465 e. The van der Waals surface area contributed by atoms with E-state index in [2.05, 4.69) is 19.9 Å². The van der Waals surface area contributed by atoms with Crippen LogP contribution in [0.1, 0.15) is 32.8 Å². The number of carbonyl (C=O) groups is 3. The molecule has 0 radical (unpaired) electrons. The lowest BCUT2D eigenvalue weighted by Crippen LogP contribution is -2.17. The van der Waals surface area contributed by atoms with E-state index in [0.29, 0.717) is 5.69 Å².